The molecule has 0 aromatic heterocycles. The molecule has 1 aliphatic rings. The van der Waals surface area contributed by atoms with Gasteiger partial charge in [-0.05, 0) is 12.5 Å². The maximum atomic E-state index is 4.97. The highest BCUT2D eigenvalue weighted by Gasteiger charge is 2.04. The zero-order valence-electron chi connectivity index (χ0n) is 6.12. The third-order valence-corrected chi connectivity index (χ3v) is 1.32. The van der Waals surface area contributed by atoms with Crippen molar-refractivity contribution in [2.75, 3.05) is 0 Å². The van der Waals surface area contributed by atoms with Gasteiger partial charge in [-0.1, -0.05) is 25.5 Å². The molecule has 1 atom stereocenters. The van der Waals surface area contributed by atoms with Crippen LogP contribution in [-0.4, -0.2) is 6.10 Å². The fourth-order valence-electron chi connectivity index (χ4n) is 0.830. The second-order valence-electron chi connectivity index (χ2n) is 2.23. The third kappa shape index (κ3) is 2.23. The van der Waals surface area contributed by atoms with Crippen LogP contribution in [0.25, 0.3) is 0 Å². The summed E-state index contributed by atoms with van der Waals surface area (Å²) in [5.41, 5.74) is 0. The second kappa shape index (κ2) is 4.12. The van der Waals surface area contributed by atoms with Crippen LogP contribution in [0.15, 0.2) is 24.5 Å². The summed E-state index contributed by atoms with van der Waals surface area (Å²) in [5.74, 6) is 0. The molecule has 1 unspecified atom stereocenters. The number of allylic oxidation sites excluding steroid dienone is 2. The first-order valence-corrected chi connectivity index (χ1v) is 3.59. The van der Waals surface area contributed by atoms with Gasteiger partial charge >= 0.3 is 0 Å². The van der Waals surface area contributed by atoms with E-state index in [9.17, 15) is 0 Å². The van der Waals surface area contributed by atoms with Gasteiger partial charge in [-0.15, -0.1) is 0 Å². The van der Waals surface area contributed by atoms with Gasteiger partial charge in [0.1, 0.15) is 12.4 Å². The van der Waals surface area contributed by atoms with Crippen molar-refractivity contribution in [2.45, 2.75) is 25.9 Å². The van der Waals surface area contributed by atoms with E-state index in [2.05, 4.69) is 6.92 Å². The van der Waals surface area contributed by atoms with Crippen LogP contribution in [0.2, 0.25) is 0 Å². The SMILES string of the molecule is CCCC1C=CC=COO1. The fourth-order valence-corrected chi connectivity index (χ4v) is 0.830. The van der Waals surface area contributed by atoms with E-state index in [1.54, 1.807) is 0 Å². The van der Waals surface area contributed by atoms with Gasteiger partial charge in [0.2, 0.25) is 0 Å². The highest BCUT2D eigenvalue weighted by Crippen LogP contribution is 2.07. The van der Waals surface area contributed by atoms with Crippen LogP contribution in [0.1, 0.15) is 19.8 Å². The zero-order chi connectivity index (χ0) is 7.23. The van der Waals surface area contributed by atoms with Crippen molar-refractivity contribution in [1.82, 2.24) is 0 Å². The van der Waals surface area contributed by atoms with Crippen molar-refractivity contribution in [1.29, 1.82) is 0 Å². The lowest BCUT2D eigenvalue weighted by atomic mass is 10.2. The minimum atomic E-state index is 0.125. The van der Waals surface area contributed by atoms with Crippen molar-refractivity contribution in [3.05, 3.63) is 24.5 Å². The predicted molar refractivity (Wildman–Crippen MR) is 39.1 cm³/mol. The van der Waals surface area contributed by atoms with E-state index in [4.69, 9.17) is 9.78 Å². The van der Waals surface area contributed by atoms with Gasteiger partial charge in [0.25, 0.3) is 0 Å². The first-order valence-electron chi connectivity index (χ1n) is 3.59. The van der Waals surface area contributed by atoms with Crippen molar-refractivity contribution in [3.63, 3.8) is 0 Å². The zero-order valence-corrected chi connectivity index (χ0v) is 6.12. The first kappa shape index (κ1) is 7.35. The molecule has 1 heterocycles. The Morgan fingerprint density at radius 1 is 1.40 bits per heavy atom. The summed E-state index contributed by atoms with van der Waals surface area (Å²) in [6, 6.07) is 0. The molecule has 0 spiro atoms. The minimum absolute atomic E-state index is 0.125. The third-order valence-electron chi connectivity index (χ3n) is 1.32. The number of hydrogen-bond donors (Lipinski definition) is 0. The molecule has 0 saturated carbocycles. The molecular formula is C8H12O2. The van der Waals surface area contributed by atoms with Gasteiger partial charge < -0.3 is 4.89 Å². The summed E-state index contributed by atoms with van der Waals surface area (Å²) in [6.45, 7) is 2.12. The van der Waals surface area contributed by atoms with Gasteiger partial charge in [0, 0.05) is 0 Å². The maximum Gasteiger partial charge on any atom is 0.129 e. The smallest absolute Gasteiger partial charge is 0.129 e. The van der Waals surface area contributed by atoms with Crippen LogP contribution in [-0.2, 0) is 9.78 Å². The molecule has 2 nitrogen and oxygen atoms in total. The molecule has 0 fully saturated rings. The molecule has 0 saturated heterocycles. The van der Waals surface area contributed by atoms with E-state index >= 15 is 0 Å². The van der Waals surface area contributed by atoms with Crippen LogP contribution in [0.5, 0.6) is 0 Å². The highest BCUT2D eigenvalue weighted by atomic mass is 17.2. The van der Waals surface area contributed by atoms with Gasteiger partial charge in [0.15, 0.2) is 0 Å². The molecule has 0 amide bonds. The van der Waals surface area contributed by atoms with Crippen LogP contribution in [0.4, 0.5) is 0 Å². The standard InChI is InChI=1S/C8H12O2/c1-2-5-8-6-3-4-7-9-10-8/h3-4,6-8H,2,5H2,1H3. The Bertz CT molecular complexity index is 138. The Hall–Kier alpha value is -0.760. The average Bonchev–Trinajstić information content (AvgIpc) is 2.17. The summed E-state index contributed by atoms with van der Waals surface area (Å²) in [4.78, 5) is 9.69. The molecule has 2 heteroatoms. The summed E-state index contributed by atoms with van der Waals surface area (Å²) in [6.07, 6.45) is 9.53. The van der Waals surface area contributed by atoms with Crippen molar-refractivity contribution < 1.29 is 9.78 Å². The van der Waals surface area contributed by atoms with E-state index in [-0.39, 0.29) is 6.10 Å². The largest absolute Gasteiger partial charge is 0.345 e. The van der Waals surface area contributed by atoms with Gasteiger partial charge in [0.05, 0.1) is 0 Å². The van der Waals surface area contributed by atoms with Gasteiger partial charge in [-0.2, -0.15) is 4.89 Å². The molecule has 0 bridgehead atoms. The summed E-state index contributed by atoms with van der Waals surface area (Å²) >= 11 is 0. The highest BCUT2D eigenvalue weighted by molar-refractivity contribution is 5.03. The van der Waals surface area contributed by atoms with E-state index in [1.165, 1.54) is 6.26 Å². The molecule has 0 radical (unpaired) electrons. The van der Waals surface area contributed by atoms with E-state index in [0.29, 0.717) is 0 Å². The van der Waals surface area contributed by atoms with Crippen molar-refractivity contribution in [3.8, 4) is 0 Å². The number of rotatable bonds is 2. The summed E-state index contributed by atoms with van der Waals surface area (Å²) in [7, 11) is 0. The lowest BCUT2D eigenvalue weighted by Crippen LogP contribution is -2.06. The molecule has 1 rings (SSSR count). The van der Waals surface area contributed by atoms with E-state index in [1.807, 2.05) is 18.2 Å². The second-order valence-corrected chi connectivity index (χ2v) is 2.23. The Morgan fingerprint density at radius 3 is 3.10 bits per heavy atom. The normalized spacial score (nSPS) is 23.9. The predicted octanol–water partition coefficient (Wildman–Crippen LogP) is 2.19. The van der Waals surface area contributed by atoms with E-state index in [0.717, 1.165) is 12.8 Å². The molecule has 10 heavy (non-hydrogen) atoms. The average molecular weight is 140 g/mol. The molecule has 0 N–H and O–H groups in total. The lowest BCUT2D eigenvalue weighted by Gasteiger charge is -2.07. The van der Waals surface area contributed by atoms with Crippen molar-refractivity contribution >= 4 is 0 Å². The molecule has 0 aromatic rings. The van der Waals surface area contributed by atoms with Gasteiger partial charge in [-0.25, -0.2) is 0 Å². The van der Waals surface area contributed by atoms with Crippen LogP contribution in [0.3, 0.4) is 0 Å². The topological polar surface area (TPSA) is 18.5 Å². The number of hydrogen-bond acceptors (Lipinski definition) is 2. The van der Waals surface area contributed by atoms with Gasteiger partial charge in [-0.3, -0.25) is 0 Å². The Labute approximate surface area is 61.1 Å². The monoisotopic (exact) mass is 140 g/mol. The molecule has 56 valence electrons. The van der Waals surface area contributed by atoms with Crippen LogP contribution in [0, 0.1) is 0 Å². The first-order chi connectivity index (χ1) is 4.93. The minimum Gasteiger partial charge on any atom is -0.345 e. The Kier molecular flexibility index (Phi) is 3.03. The molecule has 0 aromatic carbocycles. The fraction of sp³-hybridized carbons (Fsp3) is 0.500. The Balaban J connectivity index is 2.33. The summed E-state index contributed by atoms with van der Waals surface area (Å²) < 4.78 is 0. The molecule has 0 aliphatic carbocycles. The summed E-state index contributed by atoms with van der Waals surface area (Å²) in [5, 5.41) is 0. The van der Waals surface area contributed by atoms with E-state index < -0.39 is 0 Å². The lowest BCUT2D eigenvalue weighted by molar-refractivity contribution is -0.271. The Morgan fingerprint density at radius 2 is 2.30 bits per heavy atom. The quantitative estimate of drug-likeness (QED) is 0.547. The van der Waals surface area contributed by atoms with Crippen LogP contribution < -0.4 is 0 Å². The molecular weight excluding hydrogens is 128 g/mol. The van der Waals surface area contributed by atoms with Crippen LogP contribution >= 0.6 is 0 Å². The van der Waals surface area contributed by atoms with Crippen molar-refractivity contribution in [2.24, 2.45) is 0 Å². The molecule has 1 aliphatic heterocycles. The maximum absolute atomic E-state index is 4.97.